The van der Waals surface area contributed by atoms with Gasteiger partial charge in [-0.1, -0.05) is 6.92 Å². The smallest absolute Gasteiger partial charge is 0.197 e. The maximum absolute atomic E-state index is 12.2. The van der Waals surface area contributed by atoms with E-state index in [1.54, 1.807) is 17.1 Å². The summed E-state index contributed by atoms with van der Waals surface area (Å²) in [4.78, 5) is 12.2. The molecule has 1 rings (SSSR count). The molecule has 0 aromatic carbocycles. The van der Waals surface area contributed by atoms with Gasteiger partial charge in [0.1, 0.15) is 5.60 Å². The first-order valence-corrected chi connectivity index (χ1v) is 5.78. The molecule has 0 fully saturated rings. The second-order valence-corrected chi connectivity index (χ2v) is 3.93. The van der Waals surface area contributed by atoms with Crippen LogP contribution in [-0.4, -0.2) is 27.8 Å². The van der Waals surface area contributed by atoms with Crippen molar-refractivity contribution in [3.8, 4) is 0 Å². The Bertz CT molecular complexity index is 360. The van der Waals surface area contributed by atoms with Crippen LogP contribution in [-0.2, 0) is 11.3 Å². The van der Waals surface area contributed by atoms with Crippen molar-refractivity contribution < 1.29 is 9.53 Å². The average molecular weight is 224 g/mol. The summed E-state index contributed by atoms with van der Waals surface area (Å²) in [7, 11) is 0. The zero-order valence-corrected chi connectivity index (χ0v) is 10.5. The molecule has 0 saturated carbocycles. The fourth-order valence-electron chi connectivity index (χ4n) is 1.61. The van der Waals surface area contributed by atoms with E-state index in [9.17, 15) is 4.79 Å². The van der Waals surface area contributed by atoms with Crippen molar-refractivity contribution in [1.29, 1.82) is 0 Å². The lowest BCUT2D eigenvalue weighted by molar-refractivity contribution is -0.0116. The molecule has 1 unspecified atom stereocenters. The summed E-state index contributed by atoms with van der Waals surface area (Å²) in [5.74, 6) is 0.0107. The van der Waals surface area contributed by atoms with Crippen LogP contribution in [0.1, 0.15) is 44.5 Å². The number of Topliss-reactive ketones (excluding diaryl/α,β-unsaturated/α-hetero) is 1. The van der Waals surface area contributed by atoms with Gasteiger partial charge in [0.15, 0.2) is 5.78 Å². The molecular weight excluding hydrogens is 204 g/mol. The van der Waals surface area contributed by atoms with Crippen molar-refractivity contribution in [2.75, 3.05) is 6.61 Å². The minimum atomic E-state index is -0.726. The Morgan fingerprint density at radius 1 is 1.50 bits per heavy atom. The third-order valence-electron chi connectivity index (χ3n) is 2.84. The van der Waals surface area contributed by atoms with Crippen molar-refractivity contribution in [1.82, 2.24) is 9.78 Å². The Labute approximate surface area is 96.6 Å². The van der Waals surface area contributed by atoms with E-state index < -0.39 is 5.60 Å². The van der Waals surface area contributed by atoms with E-state index in [0.717, 1.165) is 6.54 Å². The zero-order valence-electron chi connectivity index (χ0n) is 10.5. The molecule has 0 bridgehead atoms. The highest BCUT2D eigenvalue weighted by Crippen LogP contribution is 2.21. The number of rotatable bonds is 6. The van der Waals surface area contributed by atoms with Crippen molar-refractivity contribution in [3.63, 3.8) is 0 Å². The number of hydrogen-bond acceptors (Lipinski definition) is 3. The molecule has 1 atom stereocenters. The number of nitrogens with zero attached hydrogens (tertiary/aromatic N) is 2. The Morgan fingerprint density at radius 2 is 2.19 bits per heavy atom. The van der Waals surface area contributed by atoms with E-state index in [-0.39, 0.29) is 5.78 Å². The van der Waals surface area contributed by atoms with Crippen molar-refractivity contribution in [3.05, 3.63) is 18.0 Å². The number of aromatic nitrogens is 2. The van der Waals surface area contributed by atoms with Crippen molar-refractivity contribution in [2.24, 2.45) is 0 Å². The van der Waals surface area contributed by atoms with Crippen molar-refractivity contribution in [2.45, 2.75) is 46.3 Å². The number of aryl methyl sites for hydroxylation is 1. The Morgan fingerprint density at radius 3 is 2.62 bits per heavy atom. The van der Waals surface area contributed by atoms with Crippen LogP contribution in [0, 0.1) is 0 Å². The molecule has 0 aliphatic rings. The van der Waals surface area contributed by atoms with Crippen LogP contribution in [0.3, 0.4) is 0 Å². The molecule has 16 heavy (non-hydrogen) atoms. The van der Waals surface area contributed by atoms with Gasteiger partial charge >= 0.3 is 0 Å². The highest BCUT2D eigenvalue weighted by molar-refractivity contribution is 6.01. The van der Waals surface area contributed by atoms with E-state index in [2.05, 4.69) is 5.10 Å². The summed E-state index contributed by atoms with van der Waals surface area (Å²) in [5, 5.41) is 4.10. The summed E-state index contributed by atoms with van der Waals surface area (Å²) in [5.41, 5.74) is -0.101. The van der Waals surface area contributed by atoms with Gasteiger partial charge in [-0.3, -0.25) is 9.48 Å². The molecule has 1 heterocycles. The minimum absolute atomic E-state index is 0.0107. The third-order valence-corrected chi connectivity index (χ3v) is 2.84. The molecule has 90 valence electrons. The van der Waals surface area contributed by atoms with E-state index in [0.29, 0.717) is 18.6 Å². The first kappa shape index (κ1) is 12.9. The van der Waals surface area contributed by atoms with Gasteiger partial charge in [-0.25, -0.2) is 0 Å². The van der Waals surface area contributed by atoms with Crippen LogP contribution >= 0.6 is 0 Å². The second-order valence-electron chi connectivity index (χ2n) is 3.93. The van der Waals surface area contributed by atoms with Crippen LogP contribution in [0.4, 0.5) is 0 Å². The molecule has 1 aromatic rings. The van der Waals surface area contributed by atoms with E-state index in [4.69, 9.17) is 4.74 Å². The first-order chi connectivity index (χ1) is 7.57. The summed E-state index contributed by atoms with van der Waals surface area (Å²) in [6.45, 7) is 8.99. The molecule has 0 radical (unpaired) electrons. The number of ether oxygens (including phenoxy) is 1. The molecule has 0 amide bonds. The van der Waals surface area contributed by atoms with Crippen LogP contribution in [0.5, 0.6) is 0 Å². The topological polar surface area (TPSA) is 44.1 Å². The fraction of sp³-hybridized carbons (Fsp3) is 0.667. The SMILES string of the molecule is CCOC(C)(CC)C(=O)c1cnn(CC)c1. The van der Waals surface area contributed by atoms with E-state index >= 15 is 0 Å². The monoisotopic (exact) mass is 224 g/mol. The maximum Gasteiger partial charge on any atom is 0.197 e. The van der Waals surface area contributed by atoms with Gasteiger partial charge in [0.25, 0.3) is 0 Å². The fourth-order valence-corrected chi connectivity index (χ4v) is 1.61. The summed E-state index contributed by atoms with van der Waals surface area (Å²) in [6, 6.07) is 0. The average Bonchev–Trinajstić information content (AvgIpc) is 2.76. The van der Waals surface area contributed by atoms with Crippen LogP contribution in [0.15, 0.2) is 12.4 Å². The predicted octanol–water partition coefficient (Wildman–Crippen LogP) is 2.29. The normalized spacial score (nSPS) is 14.8. The standard InChI is InChI=1S/C12H20N2O2/c1-5-12(4,16-7-3)11(15)10-8-13-14(6-2)9-10/h8-9H,5-7H2,1-4H3. The molecular formula is C12H20N2O2. The van der Waals surface area contributed by atoms with Gasteiger partial charge in [-0.15, -0.1) is 0 Å². The van der Waals surface area contributed by atoms with Gasteiger partial charge in [-0.05, 0) is 27.2 Å². The molecule has 0 N–H and O–H groups in total. The predicted molar refractivity (Wildman–Crippen MR) is 62.6 cm³/mol. The molecule has 0 aliphatic carbocycles. The van der Waals surface area contributed by atoms with Crippen LogP contribution in [0.25, 0.3) is 0 Å². The lowest BCUT2D eigenvalue weighted by Gasteiger charge is -2.25. The lowest BCUT2D eigenvalue weighted by atomic mass is 9.94. The Kier molecular flexibility index (Phi) is 4.24. The summed E-state index contributed by atoms with van der Waals surface area (Å²) in [6.07, 6.45) is 4.05. The van der Waals surface area contributed by atoms with Gasteiger partial charge in [0, 0.05) is 19.3 Å². The van der Waals surface area contributed by atoms with Crippen LogP contribution in [0.2, 0.25) is 0 Å². The molecule has 0 saturated heterocycles. The second kappa shape index (κ2) is 5.25. The summed E-state index contributed by atoms with van der Waals surface area (Å²) < 4.78 is 7.30. The molecule has 0 spiro atoms. The van der Waals surface area contributed by atoms with E-state index in [1.165, 1.54) is 0 Å². The number of ketones is 1. The first-order valence-electron chi connectivity index (χ1n) is 5.78. The number of hydrogen-bond donors (Lipinski definition) is 0. The van der Waals surface area contributed by atoms with E-state index in [1.807, 2.05) is 27.7 Å². The van der Waals surface area contributed by atoms with Crippen LogP contribution < -0.4 is 0 Å². The molecule has 4 nitrogen and oxygen atoms in total. The Balaban J connectivity index is 2.90. The molecule has 1 aromatic heterocycles. The highest BCUT2D eigenvalue weighted by Gasteiger charge is 2.33. The maximum atomic E-state index is 12.2. The van der Waals surface area contributed by atoms with Gasteiger partial charge in [-0.2, -0.15) is 5.10 Å². The third kappa shape index (κ3) is 2.50. The largest absolute Gasteiger partial charge is 0.367 e. The lowest BCUT2D eigenvalue weighted by Crippen LogP contribution is -2.37. The highest BCUT2D eigenvalue weighted by atomic mass is 16.5. The number of carbonyl (C=O) groups excluding carboxylic acids is 1. The van der Waals surface area contributed by atoms with Gasteiger partial charge in [0.05, 0.1) is 11.8 Å². The zero-order chi connectivity index (χ0) is 12.2. The molecule has 0 aliphatic heterocycles. The molecule has 4 heteroatoms. The van der Waals surface area contributed by atoms with Gasteiger partial charge in [0.2, 0.25) is 0 Å². The van der Waals surface area contributed by atoms with Crippen molar-refractivity contribution >= 4 is 5.78 Å². The minimum Gasteiger partial charge on any atom is -0.367 e. The Hall–Kier alpha value is -1.16. The quantitative estimate of drug-likeness (QED) is 0.696. The van der Waals surface area contributed by atoms with Gasteiger partial charge < -0.3 is 4.74 Å². The summed E-state index contributed by atoms with van der Waals surface area (Å²) >= 11 is 0. The number of carbonyl (C=O) groups is 1.